The van der Waals surface area contributed by atoms with Gasteiger partial charge in [-0.25, -0.2) is 8.78 Å². The quantitative estimate of drug-likeness (QED) is 0.896. The number of nitrogens with one attached hydrogen (secondary N) is 1. The van der Waals surface area contributed by atoms with E-state index in [0.29, 0.717) is 5.56 Å². The summed E-state index contributed by atoms with van der Waals surface area (Å²) in [4.78, 5) is 0. The molecule has 18 heavy (non-hydrogen) atoms. The fraction of sp³-hybridized carbons (Fsp3) is 0.571. The van der Waals surface area contributed by atoms with E-state index in [9.17, 15) is 8.78 Å². The summed E-state index contributed by atoms with van der Waals surface area (Å²) in [5.41, 5.74) is 0.550. The van der Waals surface area contributed by atoms with Gasteiger partial charge < -0.3 is 10.1 Å². The van der Waals surface area contributed by atoms with Crippen LogP contribution in [0.15, 0.2) is 12.1 Å². The highest BCUT2D eigenvalue weighted by atomic mass is 19.1. The molecule has 2 rings (SSSR count). The molecule has 0 aromatic heterocycles. The van der Waals surface area contributed by atoms with Gasteiger partial charge in [-0.15, -0.1) is 0 Å². The fourth-order valence-corrected chi connectivity index (χ4v) is 2.56. The van der Waals surface area contributed by atoms with Crippen LogP contribution in [0.4, 0.5) is 8.78 Å². The first-order valence-corrected chi connectivity index (χ1v) is 6.31. The Kier molecular flexibility index (Phi) is 3.97. The lowest BCUT2D eigenvalue weighted by atomic mass is 9.96. The van der Waals surface area contributed by atoms with Crippen LogP contribution < -0.4 is 5.32 Å². The van der Waals surface area contributed by atoms with Crippen molar-refractivity contribution in [1.82, 2.24) is 5.32 Å². The molecule has 0 saturated carbocycles. The van der Waals surface area contributed by atoms with E-state index in [0.717, 1.165) is 12.8 Å². The van der Waals surface area contributed by atoms with E-state index in [4.69, 9.17) is 4.74 Å². The second-order valence-electron chi connectivity index (χ2n) is 4.92. The van der Waals surface area contributed by atoms with Crippen LogP contribution in [0.1, 0.15) is 36.9 Å². The van der Waals surface area contributed by atoms with Gasteiger partial charge in [0.15, 0.2) is 0 Å². The smallest absolute Gasteiger partial charge is 0.133 e. The normalized spacial score (nSPS) is 25.4. The molecular weight excluding hydrogens is 236 g/mol. The summed E-state index contributed by atoms with van der Waals surface area (Å²) in [6.07, 6.45) is 1.73. The van der Waals surface area contributed by atoms with Gasteiger partial charge in [-0.05, 0) is 45.4 Å². The zero-order valence-electron chi connectivity index (χ0n) is 11.0. The molecule has 3 atom stereocenters. The maximum absolute atomic E-state index is 14.1. The number of halogens is 2. The predicted octanol–water partition coefficient (Wildman–Crippen LogP) is 3.10. The molecule has 0 bridgehead atoms. The van der Waals surface area contributed by atoms with Crippen molar-refractivity contribution < 1.29 is 13.5 Å². The minimum atomic E-state index is -0.513. The fourth-order valence-electron chi connectivity index (χ4n) is 2.56. The lowest BCUT2D eigenvalue weighted by Gasteiger charge is -2.25. The maximum atomic E-state index is 14.1. The van der Waals surface area contributed by atoms with Crippen LogP contribution in [0.25, 0.3) is 0 Å². The van der Waals surface area contributed by atoms with Gasteiger partial charge in [0.1, 0.15) is 11.6 Å². The van der Waals surface area contributed by atoms with Crippen LogP contribution in [0.5, 0.6) is 0 Å². The topological polar surface area (TPSA) is 21.3 Å². The van der Waals surface area contributed by atoms with E-state index in [-0.39, 0.29) is 17.8 Å². The number of hydrogen-bond acceptors (Lipinski definition) is 2. The van der Waals surface area contributed by atoms with Crippen LogP contribution in [0, 0.1) is 18.6 Å². The van der Waals surface area contributed by atoms with Gasteiger partial charge in [-0.2, -0.15) is 0 Å². The number of hydrogen-bond donors (Lipinski definition) is 1. The lowest BCUT2D eigenvalue weighted by Crippen LogP contribution is -2.31. The molecule has 0 spiro atoms. The highest BCUT2D eigenvalue weighted by molar-refractivity contribution is 5.30. The molecule has 1 aromatic rings. The van der Waals surface area contributed by atoms with E-state index in [2.05, 4.69) is 5.32 Å². The molecule has 1 fully saturated rings. The maximum Gasteiger partial charge on any atom is 0.133 e. The molecule has 3 unspecified atom stereocenters. The number of aryl methyl sites for hydroxylation is 1. The molecule has 1 N–H and O–H groups in total. The van der Waals surface area contributed by atoms with E-state index in [1.165, 1.54) is 12.1 Å². The van der Waals surface area contributed by atoms with Crippen LogP contribution in [0.2, 0.25) is 0 Å². The number of likely N-dealkylation sites (N-methyl/N-ethyl adjacent to an activating group) is 1. The molecule has 4 heteroatoms. The van der Waals surface area contributed by atoms with Crippen molar-refractivity contribution in [3.05, 3.63) is 34.9 Å². The molecule has 100 valence electrons. The van der Waals surface area contributed by atoms with Gasteiger partial charge in [0.05, 0.1) is 18.2 Å². The van der Waals surface area contributed by atoms with Crippen molar-refractivity contribution in [2.45, 2.75) is 44.9 Å². The summed E-state index contributed by atoms with van der Waals surface area (Å²) in [7, 11) is 1.71. The molecule has 0 amide bonds. The van der Waals surface area contributed by atoms with Crippen molar-refractivity contribution in [3.63, 3.8) is 0 Å². The summed E-state index contributed by atoms with van der Waals surface area (Å²) in [6, 6.07) is 2.34. The third kappa shape index (κ3) is 2.40. The van der Waals surface area contributed by atoms with Gasteiger partial charge in [-0.3, -0.25) is 0 Å². The molecule has 2 nitrogen and oxygen atoms in total. The SMILES string of the molecule is CNC(c1c(F)ccc(C)c1F)C1CCC(C)O1. The van der Waals surface area contributed by atoms with E-state index < -0.39 is 17.7 Å². The highest BCUT2D eigenvalue weighted by Gasteiger charge is 2.33. The Morgan fingerprint density at radius 1 is 1.33 bits per heavy atom. The van der Waals surface area contributed by atoms with E-state index in [1.54, 1.807) is 14.0 Å². The van der Waals surface area contributed by atoms with Gasteiger partial charge in [0.25, 0.3) is 0 Å². The van der Waals surface area contributed by atoms with Crippen molar-refractivity contribution in [3.8, 4) is 0 Å². The number of rotatable bonds is 3. The van der Waals surface area contributed by atoms with Gasteiger partial charge in [0.2, 0.25) is 0 Å². The Morgan fingerprint density at radius 2 is 2.06 bits per heavy atom. The highest BCUT2D eigenvalue weighted by Crippen LogP contribution is 2.33. The Bertz CT molecular complexity index is 436. The number of ether oxygens (including phenoxy) is 1. The number of benzene rings is 1. The van der Waals surface area contributed by atoms with E-state index >= 15 is 0 Å². The Labute approximate surface area is 106 Å². The minimum absolute atomic E-state index is 0.0941. The second-order valence-corrected chi connectivity index (χ2v) is 4.92. The first-order valence-electron chi connectivity index (χ1n) is 6.31. The van der Waals surface area contributed by atoms with Crippen LogP contribution in [-0.2, 0) is 4.74 Å². The first kappa shape index (κ1) is 13.4. The monoisotopic (exact) mass is 255 g/mol. The summed E-state index contributed by atoms with van der Waals surface area (Å²) >= 11 is 0. The van der Waals surface area contributed by atoms with Gasteiger partial charge in [-0.1, -0.05) is 6.07 Å². The zero-order chi connectivity index (χ0) is 13.3. The van der Waals surface area contributed by atoms with Crippen LogP contribution in [0.3, 0.4) is 0 Å². The van der Waals surface area contributed by atoms with Gasteiger partial charge >= 0.3 is 0 Å². The average Bonchev–Trinajstić information content (AvgIpc) is 2.76. The summed E-state index contributed by atoms with van der Waals surface area (Å²) < 4.78 is 33.7. The van der Waals surface area contributed by atoms with Crippen molar-refractivity contribution in [2.24, 2.45) is 0 Å². The molecule has 1 aliphatic rings. The molecule has 0 radical (unpaired) electrons. The largest absolute Gasteiger partial charge is 0.373 e. The summed E-state index contributed by atoms with van der Waals surface area (Å²) in [5, 5.41) is 2.98. The Hall–Kier alpha value is -1.00. The molecule has 0 aliphatic carbocycles. The Balaban J connectivity index is 2.36. The predicted molar refractivity (Wildman–Crippen MR) is 66.5 cm³/mol. The van der Waals surface area contributed by atoms with Crippen molar-refractivity contribution >= 4 is 0 Å². The third-order valence-electron chi connectivity index (χ3n) is 3.58. The second kappa shape index (κ2) is 5.33. The minimum Gasteiger partial charge on any atom is -0.373 e. The van der Waals surface area contributed by atoms with E-state index in [1.807, 2.05) is 6.92 Å². The standard InChI is InChI=1S/C14H19F2NO/c1-8-4-6-10(15)12(13(8)16)14(17-3)11-7-5-9(2)18-11/h4,6,9,11,14,17H,5,7H2,1-3H3. The Morgan fingerprint density at radius 3 is 2.61 bits per heavy atom. The molecule has 1 aliphatic heterocycles. The zero-order valence-corrected chi connectivity index (χ0v) is 11.0. The molecule has 1 aromatic carbocycles. The lowest BCUT2D eigenvalue weighted by molar-refractivity contribution is 0.0317. The van der Waals surface area contributed by atoms with Crippen LogP contribution >= 0.6 is 0 Å². The summed E-state index contributed by atoms with van der Waals surface area (Å²) in [6.45, 7) is 3.62. The molecule has 1 heterocycles. The first-order chi connectivity index (χ1) is 8.54. The van der Waals surface area contributed by atoms with Crippen molar-refractivity contribution in [1.29, 1.82) is 0 Å². The molecular formula is C14H19F2NO. The van der Waals surface area contributed by atoms with Crippen molar-refractivity contribution in [2.75, 3.05) is 7.05 Å². The average molecular weight is 255 g/mol. The summed E-state index contributed by atoms with van der Waals surface area (Å²) in [5.74, 6) is -0.988. The van der Waals surface area contributed by atoms with Gasteiger partial charge in [0, 0.05) is 5.56 Å². The third-order valence-corrected chi connectivity index (χ3v) is 3.58. The van der Waals surface area contributed by atoms with Crippen LogP contribution in [-0.4, -0.2) is 19.3 Å². The molecule has 1 saturated heterocycles.